The van der Waals surface area contributed by atoms with Crippen molar-refractivity contribution in [3.63, 3.8) is 0 Å². The fourth-order valence-electron chi connectivity index (χ4n) is 1.94. The number of halogens is 2. The predicted octanol–water partition coefficient (Wildman–Crippen LogP) is 4.15. The third-order valence-electron chi connectivity index (χ3n) is 3.09. The van der Waals surface area contributed by atoms with Crippen LogP contribution in [0, 0.1) is 12.7 Å². The molecule has 7 heteroatoms. The van der Waals surface area contributed by atoms with Crippen molar-refractivity contribution in [1.29, 1.82) is 0 Å². The van der Waals surface area contributed by atoms with Gasteiger partial charge in [-0.2, -0.15) is 0 Å². The van der Waals surface area contributed by atoms with Gasteiger partial charge in [-0.05, 0) is 30.7 Å². The molecule has 0 atom stereocenters. The molecule has 1 amide bonds. The Hall–Kier alpha value is -2.18. The van der Waals surface area contributed by atoms with E-state index in [-0.39, 0.29) is 11.7 Å². The highest BCUT2D eigenvalue weighted by molar-refractivity contribution is 7.15. The van der Waals surface area contributed by atoms with Crippen molar-refractivity contribution >= 4 is 45.6 Å². The van der Waals surface area contributed by atoms with E-state index in [1.54, 1.807) is 29.5 Å². The average molecular weight is 336 g/mol. The van der Waals surface area contributed by atoms with Gasteiger partial charge in [0.1, 0.15) is 5.82 Å². The number of amides is 1. The van der Waals surface area contributed by atoms with Crippen molar-refractivity contribution < 1.29 is 9.18 Å². The molecule has 0 aliphatic carbocycles. The third-order valence-corrected chi connectivity index (χ3v) is 4.12. The minimum Gasteiger partial charge on any atom is -0.322 e. The molecule has 3 aromatic rings. The number of thiazole rings is 1. The van der Waals surface area contributed by atoms with Gasteiger partial charge in [-0.15, -0.1) is 11.3 Å². The lowest BCUT2D eigenvalue weighted by atomic mass is 10.2. The molecule has 2 heterocycles. The highest BCUT2D eigenvalue weighted by Crippen LogP contribution is 2.22. The number of aromatic nitrogens is 2. The molecule has 3 rings (SSSR count). The highest BCUT2D eigenvalue weighted by Gasteiger charge is 2.09. The number of hydrogen-bond acceptors (Lipinski definition) is 3. The van der Waals surface area contributed by atoms with Gasteiger partial charge in [0, 0.05) is 23.3 Å². The van der Waals surface area contributed by atoms with E-state index in [2.05, 4.69) is 10.3 Å². The van der Waals surface area contributed by atoms with Crippen LogP contribution >= 0.6 is 22.9 Å². The smallest absolute Gasteiger partial charge is 0.248 e. The van der Waals surface area contributed by atoms with Crippen LogP contribution in [0.1, 0.15) is 11.3 Å². The number of carbonyl (C=O) groups is 1. The first-order valence-corrected chi connectivity index (χ1v) is 7.66. The lowest BCUT2D eigenvalue weighted by molar-refractivity contribution is -0.111. The number of aryl methyl sites for hydroxylation is 1. The van der Waals surface area contributed by atoms with Crippen LogP contribution in [0.5, 0.6) is 0 Å². The van der Waals surface area contributed by atoms with E-state index in [9.17, 15) is 9.18 Å². The number of fused-ring (bicyclic) bond motifs is 1. The van der Waals surface area contributed by atoms with E-state index >= 15 is 0 Å². The van der Waals surface area contributed by atoms with Crippen LogP contribution in [-0.4, -0.2) is 15.3 Å². The lowest BCUT2D eigenvalue weighted by Gasteiger charge is -2.03. The van der Waals surface area contributed by atoms with Gasteiger partial charge in [0.15, 0.2) is 10.1 Å². The second-order valence-corrected chi connectivity index (χ2v) is 5.86. The van der Waals surface area contributed by atoms with Crippen LogP contribution in [-0.2, 0) is 4.79 Å². The summed E-state index contributed by atoms with van der Waals surface area (Å²) >= 11 is 7.49. The number of imidazole rings is 1. The minimum atomic E-state index is -0.371. The Balaban J connectivity index is 1.77. The van der Waals surface area contributed by atoms with Gasteiger partial charge >= 0.3 is 0 Å². The summed E-state index contributed by atoms with van der Waals surface area (Å²) in [6.07, 6.45) is 4.74. The molecule has 0 unspecified atom stereocenters. The van der Waals surface area contributed by atoms with E-state index in [0.717, 1.165) is 4.96 Å². The number of nitrogens with one attached hydrogen (secondary N) is 1. The molecule has 0 spiro atoms. The highest BCUT2D eigenvalue weighted by atomic mass is 35.5. The Bertz CT molecular complexity index is 884. The van der Waals surface area contributed by atoms with Gasteiger partial charge in [0.05, 0.1) is 5.69 Å². The van der Waals surface area contributed by atoms with Crippen molar-refractivity contribution in [1.82, 2.24) is 9.38 Å². The Kier molecular flexibility index (Phi) is 3.96. The average Bonchev–Trinajstić information content (AvgIpc) is 3.01. The van der Waals surface area contributed by atoms with Crippen molar-refractivity contribution in [2.45, 2.75) is 6.92 Å². The van der Waals surface area contributed by atoms with Crippen molar-refractivity contribution in [3.8, 4) is 0 Å². The molecule has 0 aliphatic rings. The normalized spacial score (nSPS) is 11.4. The summed E-state index contributed by atoms with van der Waals surface area (Å²) in [6.45, 7) is 1.66. The molecule has 0 fully saturated rings. The molecule has 112 valence electrons. The molecular weight excluding hydrogens is 325 g/mol. The summed E-state index contributed by atoms with van der Waals surface area (Å²) in [5.41, 5.74) is 1.56. The Labute approximate surface area is 134 Å². The van der Waals surface area contributed by atoms with Crippen LogP contribution in [0.25, 0.3) is 11.0 Å². The van der Waals surface area contributed by atoms with Crippen LogP contribution in [0.15, 0.2) is 35.9 Å². The molecule has 2 aromatic heterocycles. The maximum Gasteiger partial charge on any atom is 0.248 e. The molecule has 0 bridgehead atoms. The summed E-state index contributed by atoms with van der Waals surface area (Å²) in [7, 11) is 0. The second-order valence-electron chi connectivity index (χ2n) is 4.63. The molecular formula is C15H11ClFN3OS. The molecule has 1 aromatic carbocycles. The van der Waals surface area contributed by atoms with E-state index in [1.165, 1.54) is 23.5 Å². The van der Waals surface area contributed by atoms with Gasteiger partial charge < -0.3 is 5.32 Å². The van der Waals surface area contributed by atoms with E-state index in [0.29, 0.717) is 22.1 Å². The summed E-state index contributed by atoms with van der Waals surface area (Å²) in [4.78, 5) is 16.8. The zero-order valence-corrected chi connectivity index (χ0v) is 13.1. The minimum absolute atomic E-state index is 0.331. The number of hydrogen-bond donors (Lipinski definition) is 1. The fraction of sp³-hybridized carbons (Fsp3) is 0.0667. The lowest BCUT2D eigenvalue weighted by Crippen LogP contribution is -2.08. The van der Waals surface area contributed by atoms with E-state index in [1.807, 2.05) is 11.6 Å². The number of benzene rings is 1. The van der Waals surface area contributed by atoms with Gasteiger partial charge in [-0.1, -0.05) is 17.7 Å². The number of carbonyl (C=O) groups excluding carboxylic acids is 1. The Morgan fingerprint density at radius 1 is 1.50 bits per heavy atom. The standard InChI is InChI=1S/C15H11ClFN3OS/c1-9-2-3-10(8-11(9)17)18-13(21)5-4-12-14(16)19-15-20(12)6-7-22-15/h2-8H,1H3,(H,18,21)/b5-4+. The Morgan fingerprint density at radius 2 is 2.32 bits per heavy atom. The molecule has 4 nitrogen and oxygen atoms in total. The largest absolute Gasteiger partial charge is 0.322 e. The summed E-state index contributed by atoms with van der Waals surface area (Å²) in [6, 6.07) is 4.54. The van der Waals surface area contributed by atoms with Crippen LogP contribution in [0.2, 0.25) is 5.15 Å². The van der Waals surface area contributed by atoms with Crippen molar-refractivity contribution in [3.05, 3.63) is 58.1 Å². The van der Waals surface area contributed by atoms with Crippen LogP contribution in [0.4, 0.5) is 10.1 Å². The molecule has 0 radical (unpaired) electrons. The van der Waals surface area contributed by atoms with Gasteiger partial charge in [0.2, 0.25) is 5.91 Å². The SMILES string of the molecule is Cc1ccc(NC(=O)/C=C/c2c(Cl)nc3sccn23)cc1F. The quantitative estimate of drug-likeness (QED) is 0.731. The van der Waals surface area contributed by atoms with Crippen molar-refractivity contribution in [2.75, 3.05) is 5.32 Å². The molecule has 0 saturated heterocycles. The van der Waals surface area contributed by atoms with E-state index in [4.69, 9.17) is 11.6 Å². The van der Waals surface area contributed by atoms with Crippen LogP contribution < -0.4 is 5.32 Å². The van der Waals surface area contributed by atoms with Crippen LogP contribution in [0.3, 0.4) is 0 Å². The zero-order chi connectivity index (χ0) is 15.7. The maximum atomic E-state index is 13.4. The first-order valence-electron chi connectivity index (χ1n) is 6.41. The fourth-order valence-corrected chi connectivity index (χ4v) is 2.94. The summed E-state index contributed by atoms with van der Waals surface area (Å²) in [5.74, 6) is -0.731. The van der Waals surface area contributed by atoms with E-state index < -0.39 is 0 Å². The first-order chi connectivity index (χ1) is 10.5. The number of anilines is 1. The summed E-state index contributed by atoms with van der Waals surface area (Å²) in [5, 5.41) is 4.81. The molecule has 22 heavy (non-hydrogen) atoms. The topological polar surface area (TPSA) is 46.4 Å². The second kappa shape index (κ2) is 5.90. The third kappa shape index (κ3) is 2.88. The van der Waals surface area contributed by atoms with Gasteiger partial charge in [-0.3, -0.25) is 9.20 Å². The first kappa shape index (κ1) is 14.7. The number of nitrogens with zero attached hydrogens (tertiary/aromatic N) is 2. The van der Waals surface area contributed by atoms with Gasteiger partial charge in [0.25, 0.3) is 0 Å². The molecule has 0 saturated carbocycles. The number of rotatable bonds is 3. The zero-order valence-electron chi connectivity index (χ0n) is 11.5. The van der Waals surface area contributed by atoms with Crippen molar-refractivity contribution in [2.24, 2.45) is 0 Å². The van der Waals surface area contributed by atoms with Gasteiger partial charge in [-0.25, -0.2) is 9.37 Å². The molecule has 0 aliphatic heterocycles. The Morgan fingerprint density at radius 3 is 3.09 bits per heavy atom. The summed E-state index contributed by atoms with van der Waals surface area (Å²) < 4.78 is 15.2. The molecule has 1 N–H and O–H groups in total. The predicted molar refractivity (Wildman–Crippen MR) is 86.9 cm³/mol. The maximum absolute atomic E-state index is 13.4. The monoisotopic (exact) mass is 335 g/mol.